The average Bonchev–Trinajstić information content (AvgIpc) is 2.35. The van der Waals surface area contributed by atoms with Crippen molar-refractivity contribution in [1.29, 1.82) is 0 Å². The minimum absolute atomic E-state index is 0.0977. The quantitative estimate of drug-likeness (QED) is 0.807. The standard InChI is InChI=1S/C14H22N2O2/c1-10(2)8-13(15)14(17)16-9-11-4-6-12(18-3)7-5-11/h4-7,10,13H,8-9,15H2,1-3H3,(H,16,17). The van der Waals surface area contributed by atoms with Crippen LogP contribution < -0.4 is 15.8 Å². The second-order valence-electron chi connectivity index (χ2n) is 4.80. The van der Waals surface area contributed by atoms with Gasteiger partial charge in [0.1, 0.15) is 5.75 Å². The van der Waals surface area contributed by atoms with E-state index >= 15 is 0 Å². The fourth-order valence-corrected chi connectivity index (χ4v) is 1.68. The van der Waals surface area contributed by atoms with E-state index in [1.54, 1.807) is 7.11 Å². The van der Waals surface area contributed by atoms with E-state index in [4.69, 9.17) is 10.5 Å². The number of hydrogen-bond acceptors (Lipinski definition) is 3. The molecule has 0 spiro atoms. The summed E-state index contributed by atoms with van der Waals surface area (Å²) < 4.78 is 5.07. The summed E-state index contributed by atoms with van der Waals surface area (Å²) in [5.41, 5.74) is 6.82. The Morgan fingerprint density at radius 1 is 1.33 bits per heavy atom. The largest absolute Gasteiger partial charge is 0.497 e. The number of carbonyl (C=O) groups is 1. The molecule has 1 atom stereocenters. The molecule has 3 N–H and O–H groups in total. The van der Waals surface area contributed by atoms with E-state index in [-0.39, 0.29) is 5.91 Å². The van der Waals surface area contributed by atoms with Crippen molar-refractivity contribution < 1.29 is 9.53 Å². The first-order valence-electron chi connectivity index (χ1n) is 6.19. The topological polar surface area (TPSA) is 64.3 Å². The number of hydrogen-bond donors (Lipinski definition) is 2. The normalized spacial score (nSPS) is 12.3. The Labute approximate surface area is 109 Å². The van der Waals surface area contributed by atoms with Crippen LogP contribution in [0.1, 0.15) is 25.8 Å². The van der Waals surface area contributed by atoms with Crippen LogP contribution in [-0.4, -0.2) is 19.1 Å². The Bertz CT molecular complexity index is 374. The molecule has 0 saturated carbocycles. The third-order valence-corrected chi connectivity index (χ3v) is 2.69. The second kappa shape index (κ2) is 7.01. The Morgan fingerprint density at radius 2 is 1.94 bits per heavy atom. The summed E-state index contributed by atoms with van der Waals surface area (Å²) in [7, 11) is 1.63. The molecule has 4 heteroatoms. The lowest BCUT2D eigenvalue weighted by Gasteiger charge is -2.14. The van der Waals surface area contributed by atoms with E-state index in [1.807, 2.05) is 24.3 Å². The number of carbonyl (C=O) groups excluding carboxylic acids is 1. The highest BCUT2D eigenvalue weighted by Gasteiger charge is 2.14. The molecule has 0 bridgehead atoms. The molecular formula is C14H22N2O2. The number of ether oxygens (including phenoxy) is 1. The van der Waals surface area contributed by atoms with E-state index in [1.165, 1.54) is 0 Å². The highest BCUT2D eigenvalue weighted by Crippen LogP contribution is 2.11. The van der Waals surface area contributed by atoms with Gasteiger partial charge >= 0.3 is 0 Å². The van der Waals surface area contributed by atoms with E-state index in [2.05, 4.69) is 19.2 Å². The summed E-state index contributed by atoms with van der Waals surface area (Å²) in [6, 6.07) is 7.16. The molecule has 0 radical (unpaired) electrons. The molecule has 4 nitrogen and oxygen atoms in total. The lowest BCUT2D eigenvalue weighted by molar-refractivity contribution is -0.122. The van der Waals surface area contributed by atoms with Gasteiger partial charge < -0.3 is 15.8 Å². The maximum Gasteiger partial charge on any atom is 0.237 e. The van der Waals surface area contributed by atoms with Gasteiger partial charge in [-0.3, -0.25) is 4.79 Å². The number of rotatable bonds is 6. The zero-order chi connectivity index (χ0) is 13.5. The van der Waals surface area contributed by atoms with Gasteiger partial charge in [-0.15, -0.1) is 0 Å². The average molecular weight is 250 g/mol. The van der Waals surface area contributed by atoms with Crippen LogP contribution in [0.2, 0.25) is 0 Å². The van der Waals surface area contributed by atoms with Crippen molar-refractivity contribution in [3.05, 3.63) is 29.8 Å². The van der Waals surface area contributed by atoms with Crippen LogP contribution >= 0.6 is 0 Å². The first-order valence-corrected chi connectivity index (χ1v) is 6.19. The Morgan fingerprint density at radius 3 is 2.44 bits per heavy atom. The highest BCUT2D eigenvalue weighted by atomic mass is 16.5. The molecule has 0 saturated heterocycles. The van der Waals surface area contributed by atoms with Gasteiger partial charge in [0.25, 0.3) is 0 Å². The minimum Gasteiger partial charge on any atom is -0.497 e. The van der Waals surface area contributed by atoms with Crippen molar-refractivity contribution in [3.8, 4) is 5.75 Å². The molecule has 1 unspecified atom stereocenters. The lowest BCUT2D eigenvalue weighted by atomic mass is 10.0. The van der Waals surface area contributed by atoms with Crippen LogP contribution in [0, 0.1) is 5.92 Å². The third kappa shape index (κ3) is 4.75. The first kappa shape index (κ1) is 14.5. The number of methoxy groups -OCH3 is 1. The number of amides is 1. The number of nitrogens with one attached hydrogen (secondary N) is 1. The zero-order valence-electron chi connectivity index (χ0n) is 11.3. The summed E-state index contributed by atoms with van der Waals surface area (Å²) >= 11 is 0. The zero-order valence-corrected chi connectivity index (χ0v) is 11.3. The van der Waals surface area contributed by atoms with Crippen molar-refractivity contribution in [1.82, 2.24) is 5.32 Å². The molecule has 1 amide bonds. The van der Waals surface area contributed by atoms with E-state index in [0.717, 1.165) is 11.3 Å². The Kier molecular flexibility index (Phi) is 5.65. The number of benzene rings is 1. The maximum atomic E-state index is 11.7. The summed E-state index contributed by atoms with van der Waals surface area (Å²) in [6.07, 6.45) is 0.703. The Hall–Kier alpha value is -1.55. The van der Waals surface area contributed by atoms with Crippen molar-refractivity contribution >= 4 is 5.91 Å². The van der Waals surface area contributed by atoms with Gasteiger partial charge in [-0.25, -0.2) is 0 Å². The molecule has 1 aromatic carbocycles. The highest BCUT2D eigenvalue weighted by molar-refractivity contribution is 5.81. The Balaban J connectivity index is 2.41. The van der Waals surface area contributed by atoms with Crippen molar-refractivity contribution in [3.63, 3.8) is 0 Å². The van der Waals surface area contributed by atoms with Crippen LogP contribution in [0.5, 0.6) is 5.75 Å². The monoisotopic (exact) mass is 250 g/mol. The predicted octanol–water partition coefficient (Wildman–Crippen LogP) is 1.68. The smallest absolute Gasteiger partial charge is 0.237 e. The van der Waals surface area contributed by atoms with Gasteiger partial charge in [0.2, 0.25) is 5.91 Å². The fourth-order valence-electron chi connectivity index (χ4n) is 1.68. The molecule has 100 valence electrons. The summed E-state index contributed by atoms with van der Waals surface area (Å²) in [5, 5.41) is 2.84. The third-order valence-electron chi connectivity index (χ3n) is 2.69. The van der Waals surface area contributed by atoms with E-state index in [0.29, 0.717) is 18.9 Å². The van der Waals surface area contributed by atoms with E-state index < -0.39 is 6.04 Å². The van der Waals surface area contributed by atoms with Gasteiger partial charge in [-0.05, 0) is 30.0 Å². The molecule has 0 aliphatic heterocycles. The fraction of sp³-hybridized carbons (Fsp3) is 0.500. The lowest BCUT2D eigenvalue weighted by Crippen LogP contribution is -2.40. The maximum absolute atomic E-state index is 11.7. The summed E-state index contributed by atoms with van der Waals surface area (Å²) in [5.74, 6) is 1.13. The van der Waals surface area contributed by atoms with Crippen LogP contribution in [0.25, 0.3) is 0 Å². The predicted molar refractivity (Wildman–Crippen MR) is 72.3 cm³/mol. The van der Waals surface area contributed by atoms with Crippen LogP contribution in [0.3, 0.4) is 0 Å². The van der Waals surface area contributed by atoms with Crippen LogP contribution in [-0.2, 0) is 11.3 Å². The molecule has 1 aromatic rings. The molecule has 0 aliphatic carbocycles. The molecule has 18 heavy (non-hydrogen) atoms. The molecular weight excluding hydrogens is 228 g/mol. The molecule has 0 fully saturated rings. The second-order valence-corrected chi connectivity index (χ2v) is 4.80. The molecule has 0 aliphatic rings. The summed E-state index contributed by atoms with van der Waals surface area (Å²) in [4.78, 5) is 11.7. The number of nitrogens with two attached hydrogens (primary N) is 1. The van der Waals surface area contributed by atoms with Gasteiger partial charge in [0.15, 0.2) is 0 Å². The summed E-state index contributed by atoms with van der Waals surface area (Å²) in [6.45, 7) is 4.60. The molecule has 0 aromatic heterocycles. The van der Waals surface area contributed by atoms with E-state index in [9.17, 15) is 4.79 Å². The first-order chi connectivity index (χ1) is 8.52. The van der Waals surface area contributed by atoms with Gasteiger partial charge in [0.05, 0.1) is 13.2 Å². The minimum atomic E-state index is -0.428. The van der Waals surface area contributed by atoms with Gasteiger partial charge in [-0.1, -0.05) is 26.0 Å². The van der Waals surface area contributed by atoms with Gasteiger partial charge in [0, 0.05) is 6.54 Å². The van der Waals surface area contributed by atoms with Crippen LogP contribution in [0.15, 0.2) is 24.3 Å². The van der Waals surface area contributed by atoms with Crippen LogP contribution in [0.4, 0.5) is 0 Å². The van der Waals surface area contributed by atoms with Crippen molar-refractivity contribution in [2.24, 2.45) is 11.7 Å². The SMILES string of the molecule is COc1ccc(CNC(=O)C(N)CC(C)C)cc1. The van der Waals surface area contributed by atoms with Gasteiger partial charge in [-0.2, -0.15) is 0 Å². The molecule has 0 heterocycles. The molecule has 1 rings (SSSR count). The van der Waals surface area contributed by atoms with Crippen molar-refractivity contribution in [2.75, 3.05) is 7.11 Å². The van der Waals surface area contributed by atoms with Crippen molar-refractivity contribution in [2.45, 2.75) is 32.9 Å².